The molecule has 1 saturated carbocycles. The van der Waals surface area contributed by atoms with Crippen molar-refractivity contribution in [2.45, 2.75) is 51.9 Å². The van der Waals surface area contributed by atoms with Crippen LogP contribution in [0.1, 0.15) is 37.6 Å². The zero-order chi connectivity index (χ0) is 14.7. The van der Waals surface area contributed by atoms with Crippen LogP contribution in [0.25, 0.3) is 0 Å². The number of rotatable bonds is 7. The van der Waals surface area contributed by atoms with Crippen LogP contribution in [0.5, 0.6) is 0 Å². The fourth-order valence-electron chi connectivity index (χ4n) is 2.67. The number of aryl methyl sites for hydroxylation is 1. The second-order valence-corrected chi connectivity index (χ2v) is 5.78. The van der Waals surface area contributed by atoms with Crippen molar-refractivity contribution in [3.63, 3.8) is 0 Å². The standard InChI is InChI=1S/C16H23N5/c1-2-8-21-16(18-12-19-21)11-20(15-6-7-15)10-13-4-3-5-14(17)9-13/h3-5,9,12,15H,2,6-8,10-11,17H2,1H3. The topological polar surface area (TPSA) is 60.0 Å². The van der Waals surface area contributed by atoms with E-state index in [2.05, 4.69) is 34.0 Å². The van der Waals surface area contributed by atoms with Crippen LogP contribution in [0.2, 0.25) is 0 Å². The average molecular weight is 285 g/mol. The fraction of sp³-hybridized carbons (Fsp3) is 0.500. The van der Waals surface area contributed by atoms with Crippen LogP contribution in [-0.4, -0.2) is 25.7 Å². The second-order valence-electron chi connectivity index (χ2n) is 5.78. The summed E-state index contributed by atoms with van der Waals surface area (Å²) in [6.45, 7) is 4.89. The average Bonchev–Trinajstić information content (AvgIpc) is 3.22. The van der Waals surface area contributed by atoms with E-state index in [0.717, 1.165) is 37.6 Å². The van der Waals surface area contributed by atoms with E-state index >= 15 is 0 Å². The van der Waals surface area contributed by atoms with Gasteiger partial charge in [0.1, 0.15) is 12.2 Å². The van der Waals surface area contributed by atoms with Gasteiger partial charge in [-0.25, -0.2) is 9.67 Å². The van der Waals surface area contributed by atoms with Crippen molar-refractivity contribution in [2.75, 3.05) is 5.73 Å². The van der Waals surface area contributed by atoms with E-state index in [1.54, 1.807) is 6.33 Å². The molecule has 0 amide bonds. The number of hydrogen-bond donors (Lipinski definition) is 1. The normalized spacial score (nSPS) is 14.8. The first-order chi connectivity index (χ1) is 10.3. The lowest BCUT2D eigenvalue weighted by atomic mass is 10.2. The van der Waals surface area contributed by atoms with Gasteiger partial charge in [-0.15, -0.1) is 0 Å². The number of aromatic nitrogens is 3. The number of hydrogen-bond acceptors (Lipinski definition) is 4. The van der Waals surface area contributed by atoms with Gasteiger partial charge in [0.2, 0.25) is 0 Å². The lowest BCUT2D eigenvalue weighted by molar-refractivity contribution is 0.234. The van der Waals surface area contributed by atoms with Crippen molar-refractivity contribution in [1.29, 1.82) is 0 Å². The van der Waals surface area contributed by atoms with Gasteiger partial charge >= 0.3 is 0 Å². The number of anilines is 1. The Morgan fingerprint density at radius 3 is 2.90 bits per heavy atom. The van der Waals surface area contributed by atoms with E-state index < -0.39 is 0 Å². The fourth-order valence-corrected chi connectivity index (χ4v) is 2.67. The summed E-state index contributed by atoms with van der Waals surface area (Å²) < 4.78 is 2.02. The Morgan fingerprint density at radius 2 is 2.19 bits per heavy atom. The number of nitrogens with zero attached hydrogens (tertiary/aromatic N) is 4. The molecule has 1 aromatic carbocycles. The van der Waals surface area contributed by atoms with Gasteiger partial charge < -0.3 is 5.73 Å². The van der Waals surface area contributed by atoms with Gasteiger partial charge in [0.15, 0.2) is 0 Å². The van der Waals surface area contributed by atoms with Crippen molar-refractivity contribution in [3.05, 3.63) is 42.0 Å². The molecule has 0 aliphatic heterocycles. The van der Waals surface area contributed by atoms with Gasteiger partial charge in [0.05, 0.1) is 6.54 Å². The maximum atomic E-state index is 5.88. The van der Waals surface area contributed by atoms with Gasteiger partial charge in [0.25, 0.3) is 0 Å². The molecule has 1 fully saturated rings. The summed E-state index contributed by atoms with van der Waals surface area (Å²) in [6, 6.07) is 8.84. The first kappa shape index (κ1) is 14.1. The Balaban J connectivity index is 1.71. The highest BCUT2D eigenvalue weighted by Crippen LogP contribution is 2.29. The Bertz CT molecular complexity index is 588. The number of nitrogen functional groups attached to an aromatic ring is 1. The lowest BCUT2D eigenvalue weighted by Gasteiger charge is -2.22. The van der Waals surface area contributed by atoms with Gasteiger partial charge in [0, 0.05) is 24.8 Å². The molecule has 0 atom stereocenters. The van der Waals surface area contributed by atoms with Crippen LogP contribution >= 0.6 is 0 Å². The zero-order valence-electron chi connectivity index (χ0n) is 12.6. The SMILES string of the molecule is CCCn1ncnc1CN(Cc1cccc(N)c1)C1CC1. The van der Waals surface area contributed by atoms with Gasteiger partial charge in [-0.3, -0.25) is 4.90 Å². The Morgan fingerprint density at radius 1 is 1.33 bits per heavy atom. The molecule has 5 nitrogen and oxygen atoms in total. The van der Waals surface area contributed by atoms with Crippen molar-refractivity contribution in [3.8, 4) is 0 Å². The molecule has 1 aliphatic carbocycles. The molecule has 0 radical (unpaired) electrons. The van der Waals surface area contributed by atoms with Gasteiger partial charge in [-0.1, -0.05) is 19.1 Å². The maximum absolute atomic E-state index is 5.88. The summed E-state index contributed by atoms with van der Waals surface area (Å²) in [7, 11) is 0. The molecule has 1 aliphatic rings. The molecule has 1 aromatic heterocycles. The highest BCUT2D eigenvalue weighted by molar-refractivity contribution is 5.40. The predicted molar refractivity (Wildman–Crippen MR) is 83.4 cm³/mol. The Hall–Kier alpha value is -1.88. The third-order valence-corrected chi connectivity index (χ3v) is 3.88. The quantitative estimate of drug-likeness (QED) is 0.794. The Labute approximate surface area is 125 Å². The molecule has 1 heterocycles. The molecule has 0 spiro atoms. The Kier molecular flexibility index (Phi) is 4.20. The smallest absolute Gasteiger partial charge is 0.141 e. The first-order valence-corrected chi connectivity index (χ1v) is 7.71. The van der Waals surface area contributed by atoms with Crippen LogP contribution in [0, 0.1) is 0 Å². The first-order valence-electron chi connectivity index (χ1n) is 7.71. The highest BCUT2D eigenvalue weighted by Gasteiger charge is 2.30. The molecule has 3 rings (SSSR count). The van der Waals surface area contributed by atoms with E-state index in [4.69, 9.17) is 5.73 Å². The van der Waals surface area contributed by atoms with Crippen molar-refractivity contribution in [2.24, 2.45) is 0 Å². The van der Waals surface area contributed by atoms with Crippen molar-refractivity contribution < 1.29 is 0 Å². The molecule has 0 unspecified atom stereocenters. The second kappa shape index (κ2) is 6.26. The molecule has 2 N–H and O–H groups in total. The van der Waals surface area contributed by atoms with Gasteiger partial charge in [-0.2, -0.15) is 5.10 Å². The lowest BCUT2D eigenvalue weighted by Crippen LogP contribution is -2.27. The molecule has 21 heavy (non-hydrogen) atoms. The third kappa shape index (κ3) is 3.61. The summed E-state index contributed by atoms with van der Waals surface area (Å²) in [6.07, 6.45) is 5.31. The molecule has 0 bridgehead atoms. The van der Waals surface area contributed by atoms with Crippen LogP contribution < -0.4 is 5.73 Å². The summed E-state index contributed by atoms with van der Waals surface area (Å²) in [5.74, 6) is 1.06. The molecule has 0 saturated heterocycles. The maximum Gasteiger partial charge on any atom is 0.141 e. The summed E-state index contributed by atoms with van der Waals surface area (Å²) >= 11 is 0. The molecule has 2 aromatic rings. The summed E-state index contributed by atoms with van der Waals surface area (Å²) in [4.78, 5) is 6.92. The van der Waals surface area contributed by atoms with Crippen LogP contribution in [0.3, 0.4) is 0 Å². The number of benzene rings is 1. The molecular formula is C16H23N5. The number of nitrogens with two attached hydrogens (primary N) is 1. The van der Waals surface area contributed by atoms with Crippen molar-refractivity contribution in [1.82, 2.24) is 19.7 Å². The van der Waals surface area contributed by atoms with Gasteiger partial charge in [-0.05, 0) is 37.0 Å². The van der Waals surface area contributed by atoms with E-state index in [1.807, 2.05) is 16.8 Å². The van der Waals surface area contributed by atoms with E-state index in [9.17, 15) is 0 Å². The van der Waals surface area contributed by atoms with Crippen LogP contribution in [-0.2, 0) is 19.6 Å². The third-order valence-electron chi connectivity index (χ3n) is 3.88. The summed E-state index contributed by atoms with van der Waals surface area (Å²) in [5.41, 5.74) is 7.98. The van der Waals surface area contributed by atoms with Crippen LogP contribution in [0.4, 0.5) is 5.69 Å². The van der Waals surface area contributed by atoms with Crippen molar-refractivity contribution >= 4 is 5.69 Å². The highest BCUT2D eigenvalue weighted by atomic mass is 15.4. The summed E-state index contributed by atoms with van der Waals surface area (Å²) in [5, 5.41) is 4.32. The molecule has 112 valence electrons. The van der Waals surface area contributed by atoms with Crippen LogP contribution in [0.15, 0.2) is 30.6 Å². The minimum atomic E-state index is 0.679. The predicted octanol–water partition coefficient (Wildman–Crippen LogP) is 2.43. The molecular weight excluding hydrogens is 262 g/mol. The van der Waals surface area contributed by atoms with E-state index in [-0.39, 0.29) is 0 Å². The van der Waals surface area contributed by atoms with E-state index in [1.165, 1.54) is 18.4 Å². The minimum Gasteiger partial charge on any atom is -0.399 e. The monoisotopic (exact) mass is 285 g/mol. The van der Waals surface area contributed by atoms with E-state index in [0.29, 0.717) is 6.04 Å². The molecule has 5 heteroatoms. The minimum absolute atomic E-state index is 0.679. The largest absolute Gasteiger partial charge is 0.399 e. The zero-order valence-corrected chi connectivity index (χ0v) is 12.6.